The molecule has 0 spiro atoms. The number of hydrogen-bond acceptors (Lipinski definition) is 6. The van der Waals surface area contributed by atoms with Crippen molar-refractivity contribution >= 4 is 34.2 Å². The fraction of sp³-hybridized carbons (Fsp3) is 0.273. The molecule has 0 saturated carbocycles. The Hall–Kier alpha value is -2.46. The molecule has 0 amide bonds. The fourth-order valence-corrected chi connectivity index (χ4v) is 5.37. The van der Waals surface area contributed by atoms with Crippen LogP contribution in [0.15, 0.2) is 59.6 Å². The summed E-state index contributed by atoms with van der Waals surface area (Å²) in [6.45, 7) is 5.24. The van der Waals surface area contributed by atoms with E-state index in [1.165, 1.54) is 16.1 Å². The van der Waals surface area contributed by atoms with Crippen LogP contribution in [-0.4, -0.2) is 39.5 Å². The zero-order valence-electron chi connectivity index (χ0n) is 17.6. The van der Waals surface area contributed by atoms with E-state index in [-0.39, 0.29) is 17.1 Å². The van der Waals surface area contributed by atoms with Crippen molar-refractivity contribution in [2.45, 2.75) is 18.7 Å². The van der Waals surface area contributed by atoms with Gasteiger partial charge in [0, 0.05) is 40.9 Å². The minimum atomic E-state index is -3.95. The smallest absolute Gasteiger partial charge is 0.454 e. The molecule has 2 aliphatic rings. The minimum Gasteiger partial charge on any atom is -0.454 e. The largest absolute Gasteiger partial charge is 0.495 e. The third kappa shape index (κ3) is 3.90. The van der Waals surface area contributed by atoms with Gasteiger partial charge in [-0.25, -0.2) is 12.4 Å². The molecule has 10 heteroatoms. The predicted octanol–water partition coefficient (Wildman–Crippen LogP) is 3.54. The second-order valence-corrected chi connectivity index (χ2v) is 10.9. The Morgan fingerprint density at radius 2 is 1.75 bits per heavy atom. The van der Waals surface area contributed by atoms with Gasteiger partial charge in [-0.05, 0) is 42.5 Å². The third-order valence-electron chi connectivity index (χ3n) is 5.35. The molecular formula is C22H21BClNO6S. The van der Waals surface area contributed by atoms with Crippen molar-refractivity contribution in [3.8, 4) is 22.8 Å². The van der Waals surface area contributed by atoms with Crippen LogP contribution in [0.25, 0.3) is 11.3 Å². The SMILES string of the molecule is CC1(C)COB(c2cc(-c3ccc4c(c3)OCO4)n(S(=O)(=O)c3cccc(Cl)c3)c2)OC1. The standard InChI is InChI=1S/C22H21BClNO6S/c1-22(2)12-30-23(31-13-22)16-9-19(15-6-7-20-21(8-15)29-14-28-20)25(11-16)32(26,27)18-5-3-4-17(24)10-18/h3-11H,12-14H2,1-2H3. The van der Waals surface area contributed by atoms with E-state index in [0.29, 0.717) is 46.5 Å². The average Bonchev–Trinajstić information content (AvgIpc) is 3.41. The third-order valence-corrected chi connectivity index (χ3v) is 7.26. The molecule has 0 radical (unpaired) electrons. The summed E-state index contributed by atoms with van der Waals surface area (Å²) in [6.07, 6.45) is 1.54. The van der Waals surface area contributed by atoms with Gasteiger partial charge in [0.15, 0.2) is 11.5 Å². The number of aromatic nitrogens is 1. The molecule has 0 aliphatic carbocycles. The van der Waals surface area contributed by atoms with E-state index in [9.17, 15) is 8.42 Å². The lowest BCUT2D eigenvalue weighted by Gasteiger charge is -2.32. The molecule has 0 bridgehead atoms. The molecule has 1 aromatic heterocycles. The van der Waals surface area contributed by atoms with Crippen molar-refractivity contribution in [1.82, 2.24) is 3.97 Å². The van der Waals surface area contributed by atoms with Crippen LogP contribution in [0.2, 0.25) is 5.02 Å². The van der Waals surface area contributed by atoms with Crippen LogP contribution in [0.5, 0.6) is 11.5 Å². The summed E-state index contributed by atoms with van der Waals surface area (Å²) in [7, 11) is -4.61. The Morgan fingerprint density at radius 3 is 2.50 bits per heavy atom. The monoisotopic (exact) mass is 473 g/mol. The molecule has 0 N–H and O–H groups in total. The van der Waals surface area contributed by atoms with E-state index >= 15 is 0 Å². The maximum Gasteiger partial charge on any atom is 0.495 e. The zero-order valence-corrected chi connectivity index (χ0v) is 19.2. The number of rotatable bonds is 4. The molecule has 1 fully saturated rings. The zero-order chi connectivity index (χ0) is 22.5. The first kappa shape index (κ1) is 21.4. The fourth-order valence-electron chi connectivity index (χ4n) is 3.68. The van der Waals surface area contributed by atoms with E-state index in [4.69, 9.17) is 30.4 Å². The second-order valence-electron chi connectivity index (χ2n) is 8.60. The van der Waals surface area contributed by atoms with E-state index < -0.39 is 17.1 Å². The maximum absolute atomic E-state index is 13.6. The van der Waals surface area contributed by atoms with Gasteiger partial charge in [-0.2, -0.15) is 0 Å². The van der Waals surface area contributed by atoms with Crippen LogP contribution < -0.4 is 14.9 Å². The summed E-state index contributed by atoms with van der Waals surface area (Å²) >= 11 is 6.07. The van der Waals surface area contributed by atoms with Crippen LogP contribution in [0.4, 0.5) is 0 Å². The molecule has 0 unspecified atom stereocenters. The molecular weight excluding hydrogens is 453 g/mol. The number of halogens is 1. The van der Waals surface area contributed by atoms with Crippen molar-refractivity contribution in [3.05, 3.63) is 59.8 Å². The summed E-state index contributed by atoms with van der Waals surface area (Å²) in [4.78, 5) is 0.0840. The van der Waals surface area contributed by atoms with Gasteiger partial charge in [-0.15, -0.1) is 0 Å². The Balaban J connectivity index is 1.62. The lowest BCUT2D eigenvalue weighted by atomic mass is 9.77. The van der Waals surface area contributed by atoms with Gasteiger partial charge in [-0.1, -0.05) is 31.5 Å². The quantitative estimate of drug-likeness (QED) is 0.540. The molecule has 166 valence electrons. The van der Waals surface area contributed by atoms with E-state index in [0.717, 1.165) is 0 Å². The van der Waals surface area contributed by atoms with Crippen LogP contribution in [-0.2, 0) is 19.3 Å². The van der Waals surface area contributed by atoms with E-state index in [1.807, 2.05) is 0 Å². The van der Waals surface area contributed by atoms with Crippen LogP contribution in [0, 0.1) is 5.41 Å². The van der Waals surface area contributed by atoms with Crippen LogP contribution in [0.3, 0.4) is 0 Å². The lowest BCUT2D eigenvalue weighted by molar-refractivity contribution is 0.0343. The Morgan fingerprint density at radius 1 is 1.00 bits per heavy atom. The molecule has 2 aliphatic heterocycles. The summed E-state index contributed by atoms with van der Waals surface area (Å²) in [5, 5.41) is 0.337. The Labute approximate surface area is 192 Å². The van der Waals surface area contributed by atoms with E-state index in [2.05, 4.69) is 13.8 Å². The van der Waals surface area contributed by atoms with Crippen molar-refractivity contribution in [2.75, 3.05) is 20.0 Å². The highest BCUT2D eigenvalue weighted by Crippen LogP contribution is 2.37. The summed E-state index contributed by atoms with van der Waals surface area (Å²) < 4.78 is 51.1. The van der Waals surface area contributed by atoms with Gasteiger partial charge < -0.3 is 18.8 Å². The van der Waals surface area contributed by atoms with Gasteiger partial charge in [0.05, 0.1) is 10.6 Å². The van der Waals surface area contributed by atoms with Crippen molar-refractivity contribution in [2.24, 2.45) is 5.41 Å². The first-order valence-corrected chi connectivity index (χ1v) is 11.9. The number of hydrogen-bond donors (Lipinski definition) is 0. The highest BCUT2D eigenvalue weighted by molar-refractivity contribution is 7.90. The van der Waals surface area contributed by atoms with Crippen molar-refractivity contribution < 1.29 is 27.2 Å². The minimum absolute atomic E-state index is 0.0840. The molecule has 3 heterocycles. The number of fused-ring (bicyclic) bond motifs is 1. The first-order chi connectivity index (χ1) is 15.2. The summed E-state index contributed by atoms with van der Waals surface area (Å²) in [5.74, 6) is 1.18. The van der Waals surface area contributed by atoms with E-state index in [1.54, 1.807) is 42.6 Å². The Bertz CT molecular complexity index is 1280. The molecule has 7 nitrogen and oxygen atoms in total. The maximum atomic E-state index is 13.6. The number of ether oxygens (including phenoxy) is 2. The molecule has 2 aromatic carbocycles. The number of benzene rings is 2. The molecule has 32 heavy (non-hydrogen) atoms. The van der Waals surface area contributed by atoms with Crippen molar-refractivity contribution in [3.63, 3.8) is 0 Å². The highest BCUT2D eigenvalue weighted by Gasteiger charge is 2.36. The average molecular weight is 474 g/mol. The summed E-state index contributed by atoms with van der Waals surface area (Å²) in [6, 6.07) is 13.3. The second kappa shape index (κ2) is 7.84. The molecule has 0 atom stereocenters. The number of nitrogens with zero attached hydrogens (tertiary/aromatic N) is 1. The normalized spacial score (nSPS) is 17.5. The summed E-state index contributed by atoms with van der Waals surface area (Å²) in [5.41, 5.74) is 1.61. The highest BCUT2D eigenvalue weighted by atomic mass is 35.5. The van der Waals surface area contributed by atoms with Gasteiger partial charge in [0.1, 0.15) is 0 Å². The van der Waals surface area contributed by atoms with Crippen LogP contribution in [0.1, 0.15) is 13.8 Å². The van der Waals surface area contributed by atoms with Crippen molar-refractivity contribution in [1.29, 1.82) is 0 Å². The molecule has 1 saturated heterocycles. The van der Waals surface area contributed by atoms with Gasteiger partial charge in [0.25, 0.3) is 10.0 Å². The lowest BCUT2D eigenvalue weighted by Crippen LogP contribution is -2.47. The van der Waals surface area contributed by atoms with Gasteiger partial charge in [0.2, 0.25) is 6.79 Å². The Kier molecular flexibility index (Phi) is 5.24. The van der Waals surface area contributed by atoms with Gasteiger partial charge >= 0.3 is 7.12 Å². The van der Waals surface area contributed by atoms with Gasteiger partial charge in [-0.3, -0.25) is 0 Å². The molecule has 3 aromatic rings. The molecule has 5 rings (SSSR count). The predicted molar refractivity (Wildman–Crippen MR) is 121 cm³/mol. The topological polar surface area (TPSA) is 76.0 Å². The first-order valence-electron chi connectivity index (χ1n) is 10.1. The van der Waals surface area contributed by atoms with Crippen LogP contribution >= 0.6 is 11.6 Å².